The first-order valence-corrected chi connectivity index (χ1v) is 9.97. The maximum Gasteiger partial charge on any atom is 0.191 e. The minimum absolute atomic E-state index is 0. The molecule has 1 atom stereocenters. The van der Waals surface area contributed by atoms with E-state index in [2.05, 4.69) is 20.6 Å². The summed E-state index contributed by atoms with van der Waals surface area (Å²) in [5.41, 5.74) is 1.96. The molecule has 0 saturated heterocycles. The van der Waals surface area contributed by atoms with E-state index in [0.29, 0.717) is 23.4 Å². The molecule has 0 fully saturated rings. The summed E-state index contributed by atoms with van der Waals surface area (Å²) in [4.78, 5) is 8.38. The van der Waals surface area contributed by atoms with Crippen molar-refractivity contribution >= 4 is 63.8 Å². The lowest BCUT2D eigenvalue weighted by Gasteiger charge is -2.12. The number of thiophene rings is 1. The van der Waals surface area contributed by atoms with Gasteiger partial charge in [-0.2, -0.15) is 0 Å². The van der Waals surface area contributed by atoms with Crippen molar-refractivity contribution in [3.63, 3.8) is 0 Å². The fourth-order valence-corrected chi connectivity index (χ4v) is 3.83. The fraction of sp³-hybridized carbons (Fsp3) is 0.316. The van der Waals surface area contributed by atoms with Crippen LogP contribution in [0.2, 0.25) is 4.34 Å². The molecule has 3 aromatic rings. The predicted molar refractivity (Wildman–Crippen MR) is 126 cm³/mol. The first kappa shape index (κ1) is 22.9. The highest BCUT2D eigenvalue weighted by Gasteiger charge is 2.10. The van der Waals surface area contributed by atoms with Crippen LogP contribution in [0, 0.1) is 5.82 Å². The molecule has 0 bridgehead atoms. The van der Waals surface area contributed by atoms with Crippen molar-refractivity contribution in [3.8, 4) is 0 Å². The fourth-order valence-electron chi connectivity index (χ4n) is 2.79. The zero-order valence-corrected chi connectivity index (χ0v) is 19.2. The summed E-state index contributed by atoms with van der Waals surface area (Å²) < 4.78 is 14.1. The average molecular weight is 537 g/mol. The summed E-state index contributed by atoms with van der Waals surface area (Å²) in [6.07, 6.45) is 1.94. The number of halogens is 3. The van der Waals surface area contributed by atoms with Gasteiger partial charge in [-0.3, -0.25) is 4.99 Å². The van der Waals surface area contributed by atoms with Crippen LogP contribution in [-0.2, 0) is 6.42 Å². The number of fused-ring (bicyclic) bond motifs is 1. The first-order valence-electron chi connectivity index (χ1n) is 8.78. The number of aromatic nitrogens is 1. The number of nitrogens with one attached hydrogen (secondary N) is 3. The van der Waals surface area contributed by atoms with Crippen molar-refractivity contribution in [1.82, 2.24) is 15.6 Å². The Morgan fingerprint density at radius 3 is 2.86 bits per heavy atom. The highest BCUT2D eigenvalue weighted by atomic mass is 127. The lowest BCUT2D eigenvalue weighted by molar-refractivity contribution is 0.191. The van der Waals surface area contributed by atoms with Gasteiger partial charge in [-0.1, -0.05) is 11.6 Å². The Hall–Kier alpha value is -1.36. The average Bonchev–Trinajstić information content (AvgIpc) is 3.26. The van der Waals surface area contributed by atoms with Crippen LogP contribution in [0.4, 0.5) is 4.39 Å². The second-order valence-corrected chi connectivity index (χ2v) is 7.80. The summed E-state index contributed by atoms with van der Waals surface area (Å²) in [5, 5.41) is 17.5. The number of aliphatic hydroxyl groups excluding tert-OH is 1. The van der Waals surface area contributed by atoms with Crippen LogP contribution in [-0.4, -0.2) is 35.7 Å². The van der Waals surface area contributed by atoms with Gasteiger partial charge in [0.05, 0.1) is 10.9 Å². The van der Waals surface area contributed by atoms with Crippen molar-refractivity contribution in [3.05, 3.63) is 57.1 Å². The molecular formula is C19H23ClFIN4OS. The molecule has 0 radical (unpaired) electrons. The summed E-state index contributed by atoms with van der Waals surface area (Å²) in [6.45, 7) is 3.57. The number of rotatable bonds is 7. The maximum atomic E-state index is 13.5. The van der Waals surface area contributed by atoms with Crippen LogP contribution >= 0.6 is 46.9 Å². The van der Waals surface area contributed by atoms with Gasteiger partial charge in [-0.05, 0) is 49.2 Å². The summed E-state index contributed by atoms with van der Waals surface area (Å²) in [7, 11) is 0. The molecular weight excluding hydrogens is 514 g/mol. The number of hydrogen-bond donors (Lipinski definition) is 4. The van der Waals surface area contributed by atoms with E-state index in [1.54, 1.807) is 18.2 Å². The van der Waals surface area contributed by atoms with Gasteiger partial charge in [0.15, 0.2) is 5.96 Å². The van der Waals surface area contributed by atoms with Crippen LogP contribution < -0.4 is 10.6 Å². The molecule has 152 valence electrons. The van der Waals surface area contributed by atoms with E-state index in [9.17, 15) is 9.50 Å². The molecule has 2 aromatic heterocycles. The van der Waals surface area contributed by atoms with E-state index in [-0.39, 0.29) is 36.3 Å². The number of nitrogens with zero attached hydrogens (tertiary/aromatic N) is 1. The minimum Gasteiger partial charge on any atom is -0.386 e. The van der Waals surface area contributed by atoms with Gasteiger partial charge in [-0.15, -0.1) is 35.3 Å². The van der Waals surface area contributed by atoms with E-state index in [1.807, 2.05) is 19.2 Å². The Labute approximate surface area is 189 Å². The standard InChI is InChI=1S/C19H22ClFN4OS.HI/c1-2-22-19(25-11-16(26)17-5-6-18(20)27-17)23-8-7-12-10-24-15-4-3-13(21)9-14(12)15;/h3-6,9-10,16,24,26H,2,7-8,11H2,1H3,(H2,22,23,25);1H. The molecule has 1 unspecified atom stereocenters. The molecule has 5 nitrogen and oxygen atoms in total. The Morgan fingerprint density at radius 2 is 2.14 bits per heavy atom. The van der Waals surface area contributed by atoms with Crippen LogP contribution in [0.25, 0.3) is 10.9 Å². The van der Waals surface area contributed by atoms with E-state index in [1.165, 1.54) is 17.4 Å². The molecule has 0 spiro atoms. The SMILES string of the molecule is CCNC(=NCC(O)c1ccc(Cl)s1)NCCc1c[nH]c2ccc(F)cc12.I. The molecule has 28 heavy (non-hydrogen) atoms. The van der Waals surface area contributed by atoms with Gasteiger partial charge in [0.25, 0.3) is 0 Å². The van der Waals surface area contributed by atoms with Crippen LogP contribution in [0.3, 0.4) is 0 Å². The third-order valence-corrected chi connectivity index (χ3v) is 5.44. The molecule has 9 heteroatoms. The second-order valence-electron chi connectivity index (χ2n) is 6.06. The number of aliphatic hydroxyl groups is 1. The van der Waals surface area contributed by atoms with Gasteiger partial charge < -0.3 is 20.7 Å². The molecule has 0 aliphatic rings. The summed E-state index contributed by atoms with van der Waals surface area (Å²) >= 11 is 7.26. The van der Waals surface area contributed by atoms with Gasteiger partial charge in [0.2, 0.25) is 0 Å². The molecule has 0 aliphatic heterocycles. The monoisotopic (exact) mass is 536 g/mol. The molecule has 1 aromatic carbocycles. The van der Waals surface area contributed by atoms with Crippen molar-refractivity contribution in [1.29, 1.82) is 0 Å². The van der Waals surface area contributed by atoms with Crippen molar-refractivity contribution in [2.75, 3.05) is 19.6 Å². The smallest absolute Gasteiger partial charge is 0.191 e. The van der Waals surface area contributed by atoms with Crippen LogP contribution in [0.15, 0.2) is 41.5 Å². The Bertz CT molecular complexity index is 930. The van der Waals surface area contributed by atoms with Crippen LogP contribution in [0.5, 0.6) is 0 Å². The Kier molecular flexibility index (Phi) is 9.00. The molecule has 2 heterocycles. The number of aromatic amines is 1. The molecule has 0 saturated carbocycles. The van der Waals surface area contributed by atoms with Gasteiger partial charge >= 0.3 is 0 Å². The number of benzene rings is 1. The summed E-state index contributed by atoms with van der Waals surface area (Å²) in [6, 6.07) is 8.31. The van der Waals surface area contributed by atoms with Gasteiger partial charge in [-0.25, -0.2) is 4.39 Å². The van der Waals surface area contributed by atoms with Crippen molar-refractivity contribution in [2.24, 2.45) is 4.99 Å². The van der Waals surface area contributed by atoms with Crippen molar-refractivity contribution < 1.29 is 9.50 Å². The molecule has 0 amide bonds. The van der Waals surface area contributed by atoms with E-state index < -0.39 is 6.10 Å². The number of guanidine groups is 1. The number of H-pyrrole nitrogens is 1. The largest absolute Gasteiger partial charge is 0.386 e. The zero-order chi connectivity index (χ0) is 19.2. The van der Waals surface area contributed by atoms with E-state index in [0.717, 1.165) is 27.8 Å². The van der Waals surface area contributed by atoms with Crippen molar-refractivity contribution in [2.45, 2.75) is 19.4 Å². The van der Waals surface area contributed by atoms with Gasteiger partial charge in [0.1, 0.15) is 11.9 Å². The Morgan fingerprint density at radius 1 is 1.32 bits per heavy atom. The highest BCUT2D eigenvalue weighted by molar-refractivity contribution is 14.0. The second kappa shape index (κ2) is 11.0. The lowest BCUT2D eigenvalue weighted by atomic mass is 10.1. The third kappa shape index (κ3) is 6.07. The third-order valence-electron chi connectivity index (χ3n) is 4.11. The number of hydrogen-bond acceptors (Lipinski definition) is 3. The minimum atomic E-state index is -0.686. The summed E-state index contributed by atoms with van der Waals surface area (Å²) in [5.74, 6) is 0.388. The first-order chi connectivity index (χ1) is 13.1. The predicted octanol–water partition coefficient (Wildman–Crippen LogP) is 4.47. The lowest BCUT2D eigenvalue weighted by Crippen LogP contribution is -2.38. The molecule has 3 rings (SSSR count). The quantitative estimate of drug-likeness (QED) is 0.205. The highest BCUT2D eigenvalue weighted by Crippen LogP contribution is 2.27. The maximum absolute atomic E-state index is 13.5. The van der Waals surface area contributed by atoms with E-state index in [4.69, 9.17) is 11.6 Å². The van der Waals surface area contributed by atoms with Crippen LogP contribution in [0.1, 0.15) is 23.5 Å². The zero-order valence-electron chi connectivity index (χ0n) is 15.3. The molecule has 0 aliphatic carbocycles. The van der Waals surface area contributed by atoms with Gasteiger partial charge in [0, 0.05) is 35.1 Å². The topological polar surface area (TPSA) is 72.4 Å². The Balaban J connectivity index is 0.00000280. The molecule has 4 N–H and O–H groups in total. The number of aliphatic imine (C=N–C) groups is 1. The van der Waals surface area contributed by atoms with E-state index >= 15 is 0 Å². The normalized spacial score (nSPS) is 12.6.